The lowest BCUT2D eigenvalue weighted by atomic mass is 10.0. The van der Waals surface area contributed by atoms with E-state index < -0.39 is 12.1 Å². The Kier molecular flexibility index (Phi) is 11.7. The largest absolute Gasteiger partial charge is 0.465 e. The predicted octanol–water partition coefficient (Wildman–Crippen LogP) is 7.08. The number of carboxylic acid groups (broad SMARTS) is 1. The second-order valence-corrected chi connectivity index (χ2v) is 15.2. The highest BCUT2D eigenvalue weighted by atomic mass is 16.4. The third-order valence-electron chi connectivity index (χ3n) is 11.7. The Morgan fingerprint density at radius 2 is 1.27 bits per heavy atom. The van der Waals surface area contributed by atoms with Crippen molar-refractivity contribution in [2.75, 3.05) is 26.2 Å². The van der Waals surface area contributed by atoms with Crippen LogP contribution in [0, 0.1) is 0 Å². The van der Waals surface area contributed by atoms with Crippen molar-refractivity contribution < 1.29 is 19.5 Å². The Hall–Kier alpha value is -6.54. The van der Waals surface area contributed by atoms with Crippen molar-refractivity contribution in [1.29, 1.82) is 0 Å². The van der Waals surface area contributed by atoms with Gasteiger partial charge in [0.15, 0.2) is 0 Å². The predicted molar refractivity (Wildman–Crippen MR) is 224 cm³/mol. The molecule has 0 spiro atoms. The van der Waals surface area contributed by atoms with Gasteiger partial charge in [0.1, 0.15) is 23.7 Å². The van der Waals surface area contributed by atoms with Crippen LogP contribution in [0.4, 0.5) is 4.79 Å². The number of nitrogens with zero attached hydrogens (tertiary/aromatic N) is 7. The molecule has 0 aliphatic carbocycles. The van der Waals surface area contributed by atoms with Crippen molar-refractivity contribution in [3.8, 4) is 33.6 Å². The fourth-order valence-electron chi connectivity index (χ4n) is 8.64. The number of likely N-dealkylation sites (N-methyl/N-ethyl adjacent to an activating group) is 1. The number of aromatic amines is 2. The molecule has 14 nitrogen and oxygen atoms in total. The molecular weight excluding hydrogens is 745 g/mol. The minimum absolute atomic E-state index is 0.0975. The molecule has 3 aromatic carbocycles. The van der Waals surface area contributed by atoms with Crippen molar-refractivity contribution in [2.45, 2.75) is 70.2 Å². The number of rotatable bonds is 14. The highest BCUT2D eigenvalue weighted by molar-refractivity contribution is 5.86. The van der Waals surface area contributed by atoms with Gasteiger partial charge < -0.3 is 30.2 Å². The monoisotopic (exact) mass is 794 g/mol. The molecule has 2 fully saturated rings. The number of imidazole rings is 2. The van der Waals surface area contributed by atoms with E-state index in [1.54, 1.807) is 34.2 Å². The number of aromatic nitrogens is 6. The molecule has 0 bridgehead atoms. The van der Waals surface area contributed by atoms with E-state index in [0.29, 0.717) is 18.9 Å². The third kappa shape index (κ3) is 8.39. The second-order valence-electron chi connectivity index (χ2n) is 15.2. The molecule has 0 saturated carbocycles. The van der Waals surface area contributed by atoms with Crippen LogP contribution in [0.15, 0.2) is 110 Å². The topological polar surface area (TPSA) is 168 Å². The Morgan fingerprint density at radius 1 is 0.746 bits per heavy atom. The van der Waals surface area contributed by atoms with E-state index in [-0.39, 0.29) is 36.5 Å². The summed E-state index contributed by atoms with van der Waals surface area (Å²) in [4.78, 5) is 61.8. The van der Waals surface area contributed by atoms with Crippen LogP contribution in [-0.4, -0.2) is 99.7 Å². The molecule has 4 N–H and O–H groups in total. The molecule has 6 aromatic rings. The smallest absolute Gasteiger partial charge is 0.405 e. The lowest BCUT2D eigenvalue weighted by Gasteiger charge is -2.34. The van der Waals surface area contributed by atoms with E-state index in [1.807, 2.05) is 53.6 Å². The fourth-order valence-corrected chi connectivity index (χ4v) is 8.64. The second kappa shape index (κ2) is 17.5. The minimum Gasteiger partial charge on any atom is -0.465 e. The zero-order chi connectivity index (χ0) is 40.9. The molecule has 8 rings (SSSR count). The summed E-state index contributed by atoms with van der Waals surface area (Å²) < 4.78 is 1.55. The summed E-state index contributed by atoms with van der Waals surface area (Å²) in [7, 11) is 0. The van der Waals surface area contributed by atoms with Gasteiger partial charge in [0.05, 0.1) is 42.4 Å². The van der Waals surface area contributed by atoms with Crippen LogP contribution in [0.1, 0.15) is 74.9 Å². The van der Waals surface area contributed by atoms with E-state index in [2.05, 4.69) is 80.5 Å². The first kappa shape index (κ1) is 39.3. The molecule has 2 aliphatic rings. The third-order valence-corrected chi connectivity index (χ3v) is 11.7. The quantitative estimate of drug-likeness (QED) is 0.0908. The first-order chi connectivity index (χ1) is 28.8. The van der Waals surface area contributed by atoms with Crippen LogP contribution >= 0.6 is 0 Å². The van der Waals surface area contributed by atoms with Crippen LogP contribution in [0.3, 0.4) is 0 Å². The van der Waals surface area contributed by atoms with Gasteiger partial charge in [-0.2, -0.15) is 5.10 Å². The summed E-state index contributed by atoms with van der Waals surface area (Å²) >= 11 is 0. The van der Waals surface area contributed by atoms with Gasteiger partial charge in [0.25, 0.3) is 0 Å². The highest BCUT2D eigenvalue weighted by Crippen LogP contribution is 2.36. The summed E-state index contributed by atoms with van der Waals surface area (Å²) in [5.41, 5.74) is 6.87. The Morgan fingerprint density at radius 3 is 1.76 bits per heavy atom. The van der Waals surface area contributed by atoms with E-state index >= 15 is 0 Å². The maximum atomic E-state index is 14.2. The summed E-state index contributed by atoms with van der Waals surface area (Å²) in [6.07, 6.45) is 8.99. The van der Waals surface area contributed by atoms with Crippen LogP contribution in [0.25, 0.3) is 33.6 Å². The summed E-state index contributed by atoms with van der Waals surface area (Å²) in [6.45, 7) is 7.10. The van der Waals surface area contributed by atoms with E-state index in [4.69, 9.17) is 4.98 Å². The standard InChI is InChI=1S/C45H50N10O4/c1-3-52(4-2)40(34-11-6-5-7-12-34)44(57)55-26-9-14-39(55)42-47-28-36(50-42)33-21-17-31(18-22-33)30-15-19-32(20-16-30)35-27-46-41(49-35)38-13-8-25-54(38)43(56)37(51-45(58)59)29-53-24-10-23-48-53/h5-7,10-12,15-24,27-28,37-40,51H,3-4,8-9,13-14,25-26,29H2,1-2H3,(H,46,49)(H,47,50)(H,58,59)/t37-,38-,39-,40+/m0/s1. The van der Waals surface area contributed by atoms with E-state index in [1.165, 1.54) is 0 Å². The zero-order valence-electron chi connectivity index (χ0n) is 33.4. The van der Waals surface area contributed by atoms with Crippen LogP contribution in [-0.2, 0) is 16.1 Å². The van der Waals surface area contributed by atoms with Crippen molar-refractivity contribution in [3.05, 3.63) is 127 Å². The van der Waals surface area contributed by atoms with Gasteiger partial charge in [-0.1, -0.05) is 92.7 Å². The summed E-state index contributed by atoms with van der Waals surface area (Å²) in [6, 6.07) is 26.8. The summed E-state index contributed by atoms with van der Waals surface area (Å²) in [5, 5.41) is 16.0. The zero-order valence-corrected chi connectivity index (χ0v) is 33.4. The Balaban J connectivity index is 0.924. The van der Waals surface area contributed by atoms with E-state index in [9.17, 15) is 19.5 Å². The fraction of sp³-hybridized carbons (Fsp3) is 0.333. The first-order valence-corrected chi connectivity index (χ1v) is 20.5. The molecule has 2 saturated heterocycles. The molecule has 4 atom stereocenters. The van der Waals surface area contributed by atoms with Gasteiger partial charge in [0, 0.05) is 25.5 Å². The number of nitrogens with one attached hydrogen (secondary N) is 3. The number of carbonyl (C=O) groups excluding carboxylic acids is 2. The van der Waals surface area contributed by atoms with Crippen molar-refractivity contribution in [3.63, 3.8) is 0 Å². The molecule has 3 amide bonds. The molecule has 5 heterocycles. The number of carbonyl (C=O) groups is 3. The van der Waals surface area contributed by atoms with Gasteiger partial charge in [-0.05, 0) is 72.7 Å². The van der Waals surface area contributed by atoms with Crippen molar-refractivity contribution in [1.82, 2.24) is 49.7 Å². The first-order valence-electron chi connectivity index (χ1n) is 20.5. The average molecular weight is 795 g/mol. The van der Waals surface area contributed by atoms with Gasteiger partial charge in [-0.25, -0.2) is 14.8 Å². The van der Waals surface area contributed by atoms with Crippen LogP contribution in [0.5, 0.6) is 0 Å². The van der Waals surface area contributed by atoms with Crippen LogP contribution in [0.2, 0.25) is 0 Å². The van der Waals surface area contributed by atoms with Gasteiger partial charge >= 0.3 is 6.09 Å². The van der Waals surface area contributed by atoms with Crippen LogP contribution < -0.4 is 5.32 Å². The summed E-state index contributed by atoms with van der Waals surface area (Å²) in [5.74, 6) is 1.31. The lowest BCUT2D eigenvalue weighted by molar-refractivity contribution is -0.138. The molecule has 3 aromatic heterocycles. The molecule has 0 unspecified atom stereocenters. The highest BCUT2D eigenvalue weighted by Gasteiger charge is 2.39. The number of hydrogen-bond donors (Lipinski definition) is 4. The number of H-pyrrole nitrogens is 2. The molecule has 14 heteroatoms. The number of likely N-dealkylation sites (tertiary alicyclic amines) is 2. The van der Waals surface area contributed by atoms with Gasteiger partial charge in [0.2, 0.25) is 11.8 Å². The lowest BCUT2D eigenvalue weighted by Crippen LogP contribution is -2.50. The van der Waals surface area contributed by atoms with E-state index in [0.717, 1.165) is 83.8 Å². The molecule has 59 heavy (non-hydrogen) atoms. The van der Waals surface area contributed by atoms with Crippen molar-refractivity contribution >= 4 is 17.9 Å². The normalized spacial score (nSPS) is 17.7. The van der Waals surface area contributed by atoms with Gasteiger partial charge in [-0.15, -0.1) is 0 Å². The molecule has 0 radical (unpaired) electrons. The number of amides is 3. The Labute approximate surface area is 343 Å². The molecular formula is C45H50N10O4. The SMILES string of the molecule is CCN(CC)[C@@H](C(=O)N1CCC[C@H]1c1ncc(-c2ccc(-c3ccc(-c4cnc([C@@H]5CCCN5C(=O)[C@H](Cn5cccn5)NC(=O)O)[nH]4)cc3)cc2)[nH]1)c1ccccc1. The average Bonchev–Trinajstić information content (AvgIpc) is 4.12. The van der Waals surface area contributed by atoms with Gasteiger partial charge in [-0.3, -0.25) is 19.2 Å². The minimum atomic E-state index is -1.26. The van der Waals surface area contributed by atoms with Crippen molar-refractivity contribution in [2.24, 2.45) is 0 Å². The molecule has 304 valence electrons. The molecule has 2 aliphatic heterocycles. The maximum absolute atomic E-state index is 14.2. The Bertz CT molecular complexity index is 2340. The maximum Gasteiger partial charge on any atom is 0.405 e. The number of benzene rings is 3. The number of hydrogen-bond acceptors (Lipinski definition) is 7.